The Labute approximate surface area is 177 Å². The van der Waals surface area contributed by atoms with Crippen LogP contribution in [0.25, 0.3) is 5.57 Å². The standard InChI is InChI=1S/C29H20O/c1-4-12-23(13-5-1)20-21-29(25-16-8-3-9-17-25)22-27(24-14-6-2-7-15-24)26-18-10-11-19-28(26)30-29/h1-19,22H. The number of benzene rings is 4. The Morgan fingerprint density at radius 1 is 0.600 bits per heavy atom. The molecule has 1 aliphatic rings. The minimum absolute atomic E-state index is 0.838. The molecule has 0 spiro atoms. The van der Waals surface area contributed by atoms with Gasteiger partial charge in [-0.15, -0.1) is 0 Å². The zero-order valence-electron chi connectivity index (χ0n) is 16.5. The minimum Gasteiger partial charge on any atom is -0.466 e. The Balaban J connectivity index is 1.76. The van der Waals surface area contributed by atoms with E-state index in [2.05, 4.69) is 60.4 Å². The van der Waals surface area contributed by atoms with Crippen molar-refractivity contribution in [1.29, 1.82) is 0 Å². The highest BCUT2D eigenvalue weighted by Crippen LogP contribution is 2.43. The van der Waals surface area contributed by atoms with Crippen molar-refractivity contribution in [3.63, 3.8) is 0 Å². The fraction of sp³-hybridized carbons (Fsp3) is 0.0345. The van der Waals surface area contributed by atoms with Crippen LogP contribution in [0.3, 0.4) is 0 Å². The van der Waals surface area contributed by atoms with Crippen molar-refractivity contribution in [1.82, 2.24) is 0 Å². The van der Waals surface area contributed by atoms with Crippen molar-refractivity contribution in [2.75, 3.05) is 0 Å². The number of hydrogen-bond donors (Lipinski definition) is 0. The molecule has 0 saturated carbocycles. The lowest BCUT2D eigenvalue weighted by Gasteiger charge is -2.34. The molecule has 142 valence electrons. The van der Waals surface area contributed by atoms with E-state index in [0.29, 0.717) is 0 Å². The van der Waals surface area contributed by atoms with Gasteiger partial charge in [-0.2, -0.15) is 0 Å². The fourth-order valence-electron chi connectivity index (χ4n) is 3.77. The van der Waals surface area contributed by atoms with Crippen LogP contribution in [-0.4, -0.2) is 0 Å². The van der Waals surface area contributed by atoms with E-state index >= 15 is 0 Å². The lowest BCUT2D eigenvalue weighted by molar-refractivity contribution is 0.179. The molecule has 0 N–H and O–H groups in total. The summed E-state index contributed by atoms with van der Waals surface area (Å²) in [5.74, 6) is 7.63. The van der Waals surface area contributed by atoms with E-state index in [-0.39, 0.29) is 0 Å². The third-order valence-electron chi connectivity index (χ3n) is 5.25. The normalized spacial score (nSPS) is 17.0. The average Bonchev–Trinajstić information content (AvgIpc) is 2.84. The van der Waals surface area contributed by atoms with Gasteiger partial charge in [-0.1, -0.05) is 103 Å². The van der Waals surface area contributed by atoms with Gasteiger partial charge in [-0.05, 0) is 41.3 Å². The molecular formula is C29H20O. The summed E-state index contributed by atoms with van der Waals surface area (Å²) in [6.45, 7) is 0. The van der Waals surface area contributed by atoms with Crippen LogP contribution in [0.5, 0.6) is 5.75 Å². The Morgan fingerprint density at radius 3 is 1.93 bits per heavy atom. The Kier molecular flexibility index (Phi) is 4.68. The summed E-state index contributed by atoms with van der Waals surface area (Å²) >= 11 is 0. The van der Waals surface area contributed by atoms with Crippen LogP contribution in [0.4, 0.5) is 0 Å². The van der Waals surface area contributed by atoms with Crippen LogP contribution in [0, 0.1) is 11.8 Å². The lowest BCUT2D eigenvalue weighted by atomic mass is 9.84. The molecule has 0 aliphatic carbocycles. The van der Waals surface area contributed by atoms with E-state index in [1.165, 1.54) is 0 Å². The van der Waals surface area contributed by atoms with E-state index in [0.717, 1.165) is 33.6 Å². The van der Waals surface area contributed by atoms with Gasteiger partial charge in [0.2, 0.25) is 5.60 Å². The molecule has 5 rings (SSSR count). The van der Waals surface area contributed by atoms with E-state index in [4.69, 9.17) is 4.74 Å². The van der Waals surface area contributed by atoms with Crippen molar-refractivity contribution >= 4 is 5.57 Å². The number of fused-ring (bicyclic) bond motifs is 1. The maximum Gasteiger partial charge on any atom is 0.214 e. The first kappa shape index (κ1) is 18.0. The molecule has 4 aromatic rings. The Bertz CT molecular complexity index is 1250. The number of para-hydroxylation sites is 1. The van der Waals surface area contributed by atoms with E-state index in [9.17, 15) is 0 Å². The van der Waals surface area contributed by atoms with Gasteiger partial charge in [0.15, 0.2) is 0 Å². The van der Waals surface area contributed by atoms with Gasteiger partial charge in [-0.25, -0.2) is 0 Å². The average molecular weight is 384 g/mol. The molecular weight excluding hydrogens is 364 g/mol. The highest BCUT2D eigenvalue weighted by molar-refractivity contribution is 5.85. The maximum atomic E-state index is 6.63. The van der Waals surface area contributed by atoms with Crippen LogP contribution in [-0.2, 0) is 5.60 Å². The molecule has 1 unspecified atom stereocenters. The molecule has 1 nitrogen and oxygen atoms in total. The summed E-state index contributed by atoms with van der Waals surface area (Å²) < 4.78 is 6.63. The Hall–Kier alpha value is -4.02. The maximum absolute atomic E-state index is 6.63. The summed E-state index contributed by atoms with van der Waals surface area (Å²) in [5.41, 5.74) is 4.45. The predicted molar refractivity (Wildman–Crippen MR) is 122 cm³/mol. The second-order valence-corrected chi connectivity index (χ2v) is 7.24. The number of rotatable bonds is 2. The second-order valence-electron chi connectivity index (χ2n) is 7.24. The summed E-state index contributed by atoms with van der Waals surface area (Å²) in [7, 11) is 0. The van der Waals surface area contributed by atoms with Gasteiger partial charge in [0.25, 0.3) is 0 Å². The fourth-order valence-corrected chi connectivity index (χ4v) is 3.77. The van der Waals surface area contributed by atoms with Crippen LogP contribution >= 0.6 is 0 Å². The first-order valence-corrected chi connectivity index (χ1v) is 10.0. The van der Waals surface area contributed by atoms with E-state index in [1.54, 1.807) is 0 Å². The predicted octanol–water partition coefficient (Wildman–Crippen LogP) is 6.46. The van der Waals surface area contributed by atoms with Crippen LogP contribution in [0.1, 0.15) is 22.3 Å². The summed E-state index contributed by atoms with van der Waals surface area (Å²) in [5, 5.41) is 0. The molecule has 0 aromatic heterocycles. The van der Waals surface area contributed by atoms with Crippen LogP contribution < -0.4 is 4.74 Å². The second kappa shape index (κ2) is 7.78. The Morgan fingerprint density at radius 2 is 1.20 bits per heavy atom. The largest absolute Gasteiger partial charge is 0.466 e. The number of hydrogen-bond acceptors (Lipinski definition) is 1. The third kappa shape index (κ3) is 3.41. The molecule has 0 saturated heterocycles. The molecule has 4 aromatic carbocycles. The van der Waals surface area contributed by atoms with Gasteiger partial charge in [-0.3, -0.25) is 0 Å². The van der Waals surface area contributed by atoms with Gasteiger partial charge >= 0.3 is 0 Å². The molecule has 0 radical (unpaired) electrons. The van der Waals surface area contributed by atoms with E-state index < -0.39 is 5.60 Å². The summed E-state index contributed by atoms with van der Waals surface area (Å²) in [6, 6.07) is 38.9. The summed E-state index contributed by atoms with van der Waals surface area (Å²) in [4.78, 5) is 0. The minimum atomic E-state index is -0.878. The van der Waals surface area contributed by atoms with Crippen molar-refractivity contribution in [3.05, 3.63) is 144 Å². The smallest absolute Gasteiger partial charge is 0.214 e. The quantitative estimate of drug-likeness (QED) is 0.361. The molecule has 1 heteroatoms. The topological polar surface area (TPSA) is 9.23 Å². The molecule has 0 amide bonds. The third-order valence-corrected chi connectivity index (χ3v) is 5.25. The highest BCUT2D eigenvalue weighted by Gasteiger charge is 2.36. The van der Waals surface area contributed by atoms with Crippen molar-refractivity contribution < 1.29 is 4.74 Å². The van der Waals surface area contributed by atoms with Gasteiger partial charge < -0.3 is 4.74 Å². The number of ether oxygens (including phenoxy) is 1. The summed E-state index contributed by atoms with van der Waals surface area (Å²) in [6.07, 6.45) is 2.16. The SMILES string of the molecule is C(#CC1(c2ccccc2)C=C(c2ccccc2)c2ccccc2O1)c1ccccc1. The van der Waals surface area contributed by atoms with Gasteiger partial charge in [0.05, 0.1) is 0 Å². The monoisotopic (exact) mass is 384 g/mol. The van der Waals surface area contributed by atoms with Crippen molar-refractivity contribution in [2.24, 2.45) is 0 Å². The van der Waals surface area contributed by atoms with Crippen LogP contribution in [0.2, 0.25) is 0 Å². The molecule has 1 aliphatic heterocycles. The molecule has 0 bridgehead atoms. The lowest BCUT2D eigenvalue weighted by Crippen LogP contribution is -2.32. The first-order valence-electron chi connectivity index (χ1n) is 10.0. The first-order chi connectivity index (χ1) is 14.8. The zero-order chi connectivity index (χ0) is 20.2. The van der Waals surface area contributed by atoms with Crippen molar-refractivity contribution in [3.8, 4) is 17.6 Å². The van der Waals surface area contributed by atoms with Crippen molar-refractivity contribution in [2.45, 2.75) is 5.60 Å². The molecule has 1 atom stereocenters. The molecule has 0 fully saturated rings. The van der Waals surface area contributed by atoms with Crippen LogP contribution in [0.15, 0.2) is 121 Å². The highest BCUT2D eigenvalue weighted by atomic mass is 16.5. The van der Waals surface area contributed by atoms with Gasteiger partial charge in [0.1, 0.15) is 5.75 Å². The zero-order valence-corrected chi connectivity index (χ0v) is 16.5. The van der Waals surface area contributed by atoms with Gasteiger partial charge in [0, 0.05) is 16.7 Å². The van der Waals surface area contributed by atoms with E-state index in [1.807, 2.05) is 72.8 Å². The molecule has 1 heterocycles. The molecule has 30 heavy (non-hydrogen) atoms.